The zero-order valence-corrected chi connectivity index (χ0v) is 16.1. The van der Waals surface area contributed by atoms with E-state index in [0.29, 0.717) is 32.6 Å². The lowest BCUT2D eigenvalue weighted by Crippen LogP contribution is -1.99. The Kier molecular flexibility index (Phi) is 3.88. The Morgan fingerprint density at radius 1 is 1.28 bits per heavy atom. The molecule has 8 nitrogen and oxygen atoms in total. The van der Waals surface area contributed by atoms with E-state index < -0.39 is 5.97 Å². The van der Waals surface area contributed by atoms with Crippen LogP contribution in [0.1, 0.15) is 15.2 Å². The van der Waals surface area contributed by atoms with Gasteiger partial charge in [0.15, 0.2) is 11.5 Å². The maximum absolute atomic E-state index is 13.1. The number of nitrogens with zero attached hydrogens (tertiary/aromatic N) is 5. The summed E-state index contributed by atoms with van der Waals surface area (Å²) in [5.41, 5.74) is 3.39. The maximum atomic E-state index is 13.1. The number of rotatable bonds is 3. The Labute approximate surface area is 167 Å². The van der Waals surface area contributed by atoms with Crippen molar-refractivity contribution >= 4 is 33.2 Å². The topological polar surface area (TPSA) is 98.1 Å². The Bertz CT molecular complexity index is 1390. The monoisotopic (exact) mass is 408 g/mol. The van der Waals surface area contributed by atoms with Gasteiger partial charge in [-0.15, -0.1) is 16.4 Å². The van der Waals surface area contributed by atoms with Crippen LogP contribution in [0, 0.1) is 12.7 Å². The molecule has 0 bridgehead atoms. The minimum absolute atomic E-state index is 0.305. The van der Waals surface area contributed by atoms with Gasteiger partial charge in [-0.1, -0.05) is 0 Å². The van der Waals surface area contributed by atoms with E-state index in [2.05, 4.69) is 25.3 Å². The van der Waals surface area contributed by atoms with Crippen molar-refractivity contribution in [1.29, 1.82) is 0 Å². The third kappa shape index (κ3) is 2.76. The number of aryl methyl sites for hydroxylation is 1. The highest BCUT2D eigenvalue weighted by molar-refractivity contribution is 7.20. The summed E-state index contributed by atoms with van der Waals surface area (Å²) in [6.07, 6.45) is 1.56. The quantitative estimate of drug-likeness (QED) is 0.458. The first-order valence-corrected chi connectivity index (χ1v) is 9.41. The molecule has 0 radical (unpaired) electrons. The summed E-state index contributed by atoms with van der Waals surface area (Å²) < 4.78 is 19.6. The molecule has 1 N–H and O–H groups in total. The fourth-order valence-corrected chi connectivity index (χ4v) is 4.20. The maximum Gasteiger partial charge on any atom is 0.348 e. The zero-order chi connectivity index (χ0) is 20.1. The van der Waals surface area contributed by atoms with Gasteiger partial charge in [0, 0.05) is 5.56 Å². The molecule has 0 amide bonds. The average Bonchev–Trinajstić information content (AvgIpc) is 3.44. The number of fused-ring (bicyclic) bond motifs is 3. The van der Waals surface area contributed by atoms with Gasteiger partial charge in [0.1, 0.15) is 27.5 Å². The highest BCUT2D eigenvalue weighted by Crippen LogP contribution is 2.33. The molecular formula is C19H13FN6O2S. The molecule has 0 atom stereocenters. The minimum Gasteiger partial charge on any atom is -0.465 e. The second kappa shape index (κ2) is 6.45. The van der Waals surface area contributed by atoms with E-state index in [-0.39, 0.29) is 5.82 Å². The SMILES string of the molecule is COC(=O)c1sc2ncn3nc(-c4cc(-c5ccc(F)cc5)n[nH]4)nc3c2c1C. The molecule has 0 saturated carbocycles. The first kappa shape index (κ1) is 17.4. The van der Waals surface area contributed by atoms with Crippen molar-refractivity contribution in [2.24, 2.45) is 0 Å². The lowest BCUT2D eigenvalue weighted by atomic mass is 10.1. The molecule has 29 heavy (non-hydrogen) atoms. The van der Waals surface area contributed by atoms with E-state index in [0.717, 1.165) is 16.5 Å². The van der Waals surface area contributed by atoms with Gasteiger partial charge in [0.2, 0.25) is 0 Å². The van der Waals surface area contributed by atoms with Crippen LogP contribution in [0.4, 0.5) is 4.39 Å². The van der Waals surface area contributed by atoms with Crippen molar-refractivity contribution < 1.29 is 13.9 Å². The van der Waals surface area contributed by atoms with E-state index in [1.807, 2.05) is 6.92 Å². The van der Waals surface area contributed by atoms with Crippen molar-refractivity contribution in [3.05, 3.63) is 52.9 Å². The Morgan fingerprint density at radius 2 is 2.07 bits per heavy atom. The molecular weight excluding hydrogens is 395 g/mol. The Morgan fingerprint density at radius 3 is 2.83 bits per heavy atom. The number of carbonyl (C=O) groups is 1. The van der Waals surface area contributed by atoms with Crippen LogP contribution in [0.3, 0.4) is 0 Å². The number of halogens is 1. The lowest BCUT2D eigenvalue weighted by Gasteiger charge is -1.96. The summed E-state index contributed by atoms with van der Waals surface area (Å²) in [6, 6.07) is 7.87. The molecule has 0 saturated heterocycles. The minimum atomic E-state index is -0.402. The Hall–Kier alpha value is -3.66. The van der Waals surface area contributed by atoms with Crippen LogP contribution in [0.2, 0.25) is 0 Å². The fraction of sp³-hybridized carbons (Fsp3) is 0.105. The molecule has 10 heteroatoms. The van der Waals surface area contributed by atoms with Crippen molar-refractivity contribution in [2.45, 2.75) is 6.92 Å². The summed E-state index contributed by atoms with van der Waals surface area (Å²) in [6.45, 7) is 1.84. The van der Waals surface area contributed by atoms with Gasteiger partial charge in [-0.25, -0.2) is 23.7 Å². The number of nitrogens with one attached hydrogen (secondary N) is 1. The number of methoxy groups -OCH3 is 1. The average molecular weight is 408 g/mol. The smallest absolute Gasteiger partial charge is 0.348 e. The summed E-state index contributed by atoms with van der Waals surface area (Å²) in [4.78, 5) is 22.2. The number of hydrogen-bond donors (Lipinski definition) is 1. The van der Waals surface area contributed by atoms with Crippen LogP contribution >= 0.6 is 11.3 Å². The molecule has 0 aliphatic rings. The number of hydrogen-bond acceptors (Lipinski definition) is 7. The number of ether oxygens (including phenoxy) is 1. The highest BCUT2D eigenvalue weighted by atomic mass is 32.1. The molecule has 4 aromatic heterocycles. The molecule has 0 spiro atoms. The van der Waals surface area contributed by atoms with Crippen LogP contribution in [-0.4, -0.2) is 42.9 Å². The highest BCUT2D eigenvalue weighted by Gasteiger charge is 2.21. The van der Waals surface area contributed by atoms with Crippen LogP contribution in [-0.2, 0) is 4.74 Å². The second-order valence-electron chi connectivity index (χ2n) is 6.35. The van der Waals surface area contributed by atoms with E-state index >= 15 is 0 Å². The van der Waals surface area contributed by atoms with Crippen molar-refractivity contribution in [3.8, 4) is 22.8 Å². The molecule has 0 aliphatic heterocycles. The second-order valence-corrected chi connectivity index (χ2v) is 7.35. The number of thiophene rings is 1. The Balaban J connectivity index is 1.62. The molecule has 144 valence electrons. The van der Waals surface area contributed by atoms with Crippen LogP contribution in [0.15, 0.2) is 36.7 Å². The van der Waals surface area contributed by atoms with Gasteiger partial charge in [0.05, 0.1) is 18.2 Å². The van der Waals surface area contributed by atoms with Crippen molar-refractivity contribution in [2.75, 3.05) is 7.11 Å². The van der Waals surface area contributed by atoms with Gasteiger partial charge >= 0.3 is 5.97 Å². The number of H-pyrrole nitrogens is 1. The van der Waals surface area contributed by atoms with Crippen LogP contribution in [0.5, 0.6) is 0 Å². The molecule has 0 aliphatic carbocycles. The molecule has 0 fully saturated rings. The fourth-order valence-electron chi connectivity index (χ4n) is 3.14. The van der Waals surface area contributed by atoms with Crippen molar-refractivity contribution in [1.82, 2.24) is 29.8 Å². The van der Waals surface area contributed by atoms with Gasteiger partial charge in [-0.05, 0) is 42.8 Å². The van der Waals surface area contributed by atoms with E-state index in [4.69, 9.17) is 4.74 Å². The van der Waals surface area contributed by atoms with Crippen LogP contribution < -0.4 is 0 Å². The number of aromatic nitrogens is 6. The summed E-state index contributed by atoms with van der Waals surface area (Å²) >= 11 is 1.26. The first-order valence-electron chi connectivity index (χ1n) is 8.59. The molecule has 1 aromatic carbocycles. The predicted molar refractivity (Wildman–Crippen MR) is 105 cm³/mol. The van der Waals surface area contributed by atoms with E-state index in [9.17, 15) is 9.18 Å². The number of esters is 1. The molecule has 4 heterocycles. The number of aromatic amines is 1. The summed E-state index contributed by atoms with van der Waals surface area (Å²) in [7, 11) is 1.35. The third-order valence-corrected chi connectivity index (χ3v) is 5.78. The molecule has 0 unspecified atom stereocenters. The standard InChI is InChI=1S/C19H13FN6O2S/c1-9-14-17-22-16(13-7-12(23-24-13)10-3-5-11(20)6-4-10)25-26(17)8-21-18(14)29-15(9)19(27)28-2/h3-8H,1-2H3,(H,23,24). The number of carbonyl (C=O) groups excluding carboxylic acids is 1. The number of benzene rings is 1. The zero-order valence-electron chi connectivity index (χ0n) is 15.3. The van der Waals surface area contributed by atoms with Gasteiger partial charge < -0.3 is 4.74 Å². The predicted octanol–water partition coefficient (Wildman–Crippen LogP) is 3.63. The van der Waals surface area contributed by atoms with Crippen molar-refractivity contribution in [3.63, 3.8) is 0 Å². The molecule has 5 rings (SSSR count). The van der Waals surface area contributed by atoms with E-state index in [1.54, 1.807) is 29.0 Å². The normalized spacial score (nSPS) is 11.4. The summed E-state index contributed by atoms with van der Waals surface area (Å²) in [5.74, 6) is -0.272. The van der Waals surface area contributed by atoms with Gasteiger partial charge in [0.25, 0.3) is 0 Å². The van der Waals surface area contributed by atoms with Crippen LogP contribution in [0.25, 0.3) is 38.6 Å². The summed E-state index contributed by atoms with van der Waals surface area (Å²) in [5, 5.41) is 12.4. The van der Waals surface area contributed by atoms with Gasteiger partial charge in [-0.2, -0.15) is 5.10 Å². The third-order valence-electron chi connectivity index (χ3n) is 4.60. The van der Waals surface area contributed by atoms with Gasteiger partial charge in [-0.3, -0.25) is 5.10 Å². The largest absolute Gasteiger partial charge is 0.465 e. The lowest BCUT2D eigenvalue weighted by molar-refractivity contribution is 0.0605. The van der Waals surface area contributed by atoms with E-state index in [1.165, 1.54) is 30.6 Å². The molecule has 5 aromatic rings. The first-order chi connectivity index (χ1) is 14.0.